The van der Waals surface area contributed by atoms with E-state index >= 15 is 0 Å². The maximum absolute atomic E-state index is 12.5. The molecule has 1 atom stereocenters. The van der Waals surface area contributed by atoms with Gasteiger partial charge in [0.2, 0.25) is 0 Å². The number of nitrogens with one attached hydrogen (secondary N) is 1. The van der Waals surface area contributed by atoms with E-state index in [0.29, 0.717) is 37.8 Å². The van der Waals surface area contributed by atoms with Gasteiger partial charge in [0.1, 0.15) is 0 Å². The first kappa shape index (κ1) is 13.1. The second kappa shape index (κ2) is 5.14. The van der Waals surface area contributed by atoms with E-state index in [1.165, 1.54) is 0 Å². The highest BCUT2D eigenvalue weighted by Crippen LogP contribution is 2.39. The van der Waals surface area contributed by atoms with Crippen LogP contribution in [0.1, 0.15) is 32.1 Å². The van der Waals surface area contributed by atoms with E-state index in [4.69, 9.17) is 0 Å². The van der Waals surface area contributed by atoms with Crippen LogP contribution in [0.5, 0.6) is 0 Å². The molecule has 100 valence electrons. The molecule has 2 fully saturated rings. The summed E-state index contributed by atoms with van der Waals surface area (Å²) in [5.74, 6) is -1.05. The third kappa shape index (κ3) is 3.13. The van der Waals surface area contributed by atoms with Crippen LogP contribution in [0.2, 0.25) is 0 Å². The molecule has 1 aliphatic carbocycles. The van der Waals surface area contributed by atoms with Crippen molar-refractivity contribution in [3.63, 3.8) is 0 Å². The first-order chi connectivity index (χ1) is 8.00. The van der Waals surface area contributed by atoms with Crippen molar-refractivity contribution in [3.05, 3.63) is 0 Å². The van der Waals surface area contributed by atoms with E-state index in [1.807, 2.05) is 7.05 Å². The van der Waals surface area contributed by atoms with Crippen LogP contribution in [-0.4, -0.2) is 43.3 Å². The van der Waals surface area contributed by atoms with Gasteiger partial charge >= 0.3 is 6.18 Å². The maximum Gasteiger partial charge on any atom is 0.391 e. The molecule has 1 aliphatic heterocycles. The minimum Gasteiger partial charge on any atom is -0.316 e. The van der Waals surface area contributed by atoms with Gasteiger partial charge in [0.05, 0.1) is 5.92 Å². The Kier molecular flexibility index (Phi) is 3.98. The number of rotatable bonds is 2. The van der Waals surface area contributed by atoms with Gasteiger partial charge in [0.25, 0.3) is 0 Å². The van der Waals surface area contributed by atoms with Gasteiger partial charge in [-0.25, -0.2) is 0 Å². The minimum absolute atomic E-state index is 0.314. The Labute approximate surface area is 101 Å². The number of alkyl halides is 3. The maximum atomic E-state index is 12.5. The zero-order valence-corrected chi connectivity index (χ0v) is 10.3. The average molecular weight is 250 g/mol. The number of likely N-dealkylation sites (tertiary alicyclic amines) is 1. The van der Waals surface area contributed by atoms with Crippen molar-refractivity contribution in [1.29, 1.82) is 0 Å². The molecule has 5 heteroatoms. The van der Waals surface area contributed by atoms with E-state index in [1.54, 1.807) is 0 Å². The van der Waals surface area contributed by atoms with Crippen LogP contribution in [0.3, 0.4) is 0 Å². The van der Waals surface area contributed by atoms with Crippen molar-refractivity contribution < 1.29 is 13.2 Å². The minimum atomic E-state index is -3.98. The zero-order valence-electron chi connectivity index (χ0n) is 10.3. The van der Waals surface area contributed by atoms with Crippen molar-refractivity contribution in [1.82, 2.24) is 10.2 Å². The molecule has 0 aromatic heterocycles. The lowest BCUT2D eigenvalue weighted by Gasteiger charge is -2.35. The second-order valence-electron chi connectivity index (χ2n) is 5.32. The molecule has 0 radical (unpaired) electrons. The normalized spacial score (nSPS) is 36.4. The quantitative estimate of drug-likeness (QED) is 0.809. The van der Waals surface area contributed by atoms with E-state index in [9.17, 15) is 13.2 Å². The molecule has 2 aliphatic rings. The standard InChI is InChI=1S/C12H21F3N2/c1-16-10-6-7-17(8-10)11-4-2-9(3-5-11)12(13,14)15/h9-11,16H,2-8H2,1H3. The van der Waals surface area contributed by atoms with Gasteiger partial charge in [-0.2, -0.15) is 13.2 Å². The van der Waals surface area contributed by atoms with Crippen molar-refractivity contribution >= 4 is 0 Å². The van der Waals surface area contributed by atoms with Gasteiger partial charge in [-0.05, 0) is 39.2 Å². The zero-order chi connectivity index (χ0) is 12.5. The Bertz CT molecular complexity index is 247. The number of likely N-dealkylation sites (N-methyl/N-ethyl adjacent to an activating group) is 1. The number of nitrogens with zero attached hydrogens (tertiary/aromatic N) is 1. The third-order valence-electron chi connectivity index (χ3n) is 4.30. The highest BCUT2D eigenvalue weighted by molar-refractivity contribution is 4.88. The Morgan fingerprint density at radius 3 is 2.18 bits per heavy atom. The Balaban J connectivity index is 1.80. The number of hydrogen-bond donors (Lipinski definition) is 1. The van der Waals surface area contributed by atoms with Crippen molar-refractivity contribution in [2.75, 3.05) is 20.1 Å². The SMILES string of the molecule is CNC1CCN(C2CCC(C(F)(F)F)CC2)C1. The van der Waals surface area contributed by atoms with Crippen molar-refractivity contribution in [2.45, 2.75) is 50.4 Å². The van der Waals surface area contributed by atoms with Crippen LogP contribution in [0.25, 0.3) is 0 Å². The summed E-state index contributed by atoms with van der Waals surface area (Å²) >= 11 is 0. The van der Waals surface area contributed by atoms with Crippen LogP contribution < -0.4 is 5.32 Å². The lowest BCUT2D eigenvalue weighted by atomic mass is 9.85. The summed E-state index contributed by atoms with van der Waals surface area (Å²) in [6.45, 7) is 2.03. The first-order valence-electron chi connectivity index (χ1n) is 6.48. The molecule has 1 saturated carbocycles. The molecule has 1 heterocycles. The van der Waals surface area contributed by atoms with E-state index in [0.717, 1.165) is 19.5 Å². The summed E-state index contributed by atoms with van der Waals surface area (Å²) in [4.78, 5) is 2.37. The molecular weight excluding hydrogens is 229 g/mol. The van der Waals surface area contributed by atoms with Gasteiger partial charge in [0, 0.05) is 25.2 Å². The molecule has 0 amide bonds. The Hall–Kier alpha value is -0.290. The predicted molar refractivity (Wildman–Crippen MR) is 60.8 cm³/mol. The summed E-state index contributed by atoms with van der Waals surface area (Å²) < 4.78 is 37.6. The summed E-state index contributed by atoms with van der Waals surface area (Å²) in [5, 5.41) is 3.24. The highest BCUT2D eigenvalue weighted by Gasteiger charge is 2.42. The van der Waals surface area contributed by atoms with Gasteiger partial charge in [-0.15, -0.1) is 0 Å². The molecule has 2 rings (SSSR count). The average Bonchev–Trinajstić information content (AvgIpc) is 2.76. The summed E-state index contributed by atoms with van der Waals surface area (Å²) in [6, 6.07) is 0.905. The van der Waals surface area contributed by atoms with E-state index < -0.39 is 12.1 Å². The van der Waals surface area contributed by atoms with Gasteiger partial charge in [-0.3, -0.25) is 4.90 Å². The third-order valence-corrected chi connectivity index (χ3v) is 4.30. The lowest BCUT2D eigenvalue weighted by Crippen LogP contribution is -2.40. The van der Waals surface area contributed by atoms with Crippen molar-refractivity contribution in [2.24, 2.45) is 5.92 Å². The van der Waals surface area contributed by atoms with Crippen molar-refractivity contribution in [3.8, 4) is 0 Å². The topological polar surface area (TPSA) is 15.3 Å². The molecule has 1 saturated heterocycles. The van der Waals surface area contributed by atoms with Gasteiger partial charge < -0.3 is 5.32 Å². The molecule has 2 nitrogen and oxygen atoms in total. The molecule has 1 N–H and O–H groups in total. The summed E-state index contributed by atoms with van der Waals surface area (Å²) in [6.07, 6.45) is -0.815. The van der Waals surface area contributed by atoms with Crippen LogP contribution in [0.4, 0.5) is 13.2 Å². The molecule has 0 bridgehead atoms. The van der Waals surface area contributed by atoms with Crippen LogP contribution in [0, 0.1) is 5.92 Å². The molecular formula is C12H21F3N2. The smallest absolute Gasteiger partial charge is 0.316 e. The number of halogens is 3. The summed E-state index contributed by atoms with van der Waals surface area (Å²) in [7, 11) is 1.95. The largest absolute Gasteiger partial charge is 0.391 e. The lowest BCUT2D eigenvalue weighted by molar-refractivity contribution is -0.184. The van der Waals surface area contributed by atoms with Crippen LogP contribution in [0.15, 0.2) is 0 Å². The van der Waals surface area contributed by atoms with E-state index in [-0.39, 0.29) is 0 Å². The molecule has 0 spiro atoms. The van der Waals surface area contributed by atoms with Crippen LogP contribution in [-0.2, 0) is 0 Å². The predicted octanol–water partition coefficient (Wildman–Crippen LogP) is 2.40. The fourth-order valence-corrected chi connectivity index (χ4v) is 3.12. The summed E-state index contributed by atoms with van der Waals surface area (Å²) in [5.41, 5.74) is 0. The molecule has 0 aromatic rings. The Morgan fingerprint density at radius 1 is 1.06 bits per heavy atom. The van der Waals surface area contributed by atoms with E-state index in [2.05, 4.69) is 10.2 Å². The second-order valence-corrected chi connectivity index (χ2v) is 5.32. The fourth-order valence-electron chi connectivity index (χ4n) is 3.12. The van der Waals surface area contributed by atoms with Crippen LogP contribution >= 0.6 is 0 Å². The molecule has 1 unspecified atom stereocenters. The highest BCUT2D eigenvalue weighted by atomic mass is 19.4. The Morgan fingerprint density at radius 2 is 1.71 bits per heavy atom. The monoisotopic (exact) mass is 250 g/mol. The number of hydrogen-bond acceptors (Lipinski definition) is 2. The van der Waals surface area contributed by atoms with Gasteiger partial charge in [-0.1, -0.05) is 0 Å². The first-order valence-corrected chi connectivity index (χ1v) is 6.48. The fraction of sp³-hybridized carbons (Fsp3) is 1.00. The molecule has 17 heavy (non-hydrogen) atoms. The molecule has 0 aromatic carbocycles. The van der Waals surface area contributed by atoms with Gasteiger partial charge in [0.15, 0.2) is 0 Å².